The normalized spacial score (nSPS) is 11.3. The average Bonchev–Trinajstić information content (AvgIpc) is 2.97. The van der Waals surface area contributed by atoms with Gasteiger partial charge in [-0.25, -0.2) is 0 Å². The van der Waals surface area contributed by atoms with Crippen LogP contribution in [0.1, 0.15) is 43.0 Å². The van der Waals surface area contributed by atoms with Gasteiger partial charge in [0.15, 0.2) is 0 Å². The second-order valence-electron chi connectivity index (χ2n) is 4.66. The zero-order chi connectivity index (χ0) is 14.8. The van der Waals surface area contributed by atoms with Crippen LogP contribution in [0.25, 0.3) is 0 Å². The molecule has 120 valence electrons. The molecule has 0 aliphatic heterocycles. The number of unbranched alkanes of at least 4 members (excludes halogenated alkanes) is 1. The number of carbonyl (C=O) groups is 2. The molecule has 7 heteroatoms. The molecule has 0 bridgehead atoms. The molecule has 0 aromatic carbocycles. The summed E-state index contributed by atoms with van der Waals surface area (Å²) in [6.45, 7) is 2.90. The van der Waals surface area contributed by atoms with Gasteiger partial charge in [0.05, 0.1) is 0 Å². The van der Waals surface area contributed by atoms with Crippen LogP contribution in [0.15, 0.2) is 16.8 Å². The first kappa shape index (κ1) is 19.9. The lowest BCUT2D eigenvalue weighted by molar-refractivity contribution is -0.121. The molecule has 1 aromatic heterocycles. The lowest BCUT2D eigenvalue weighted by Gasteiger charge is -2.16. The van der Waals surface area contributed by atoms with Gasteiger partial charge in [-0.1, -0.05) is 19.8 Å². The van der Waals surface area contributed by atoms with Gasteiger partial charge >= 0.3 is 0 Å². The lowest BCUT2D eigenvalue weighted by Crippen LogP contribution is -2.41. The number of halogens is 1. The van der Waals surface area contributed by atoms with Crippen LogP contribution < -0.4 is 16.4 Å². The van der Waals surface area contributed by atoms with Gasteiger partial charge in [-0.2, -0.15) is 11.3 Å². The van der Waals surface area contributed by atoms with Crippen molar-refractivity contribution in [3.8, 4) is 0 Å². The van der Waals surface area contributed by atoms with Gasteiger partial charge in [0, 0.05) is 36.5 Å². The fourth-order valence-electron chi connectivity index (χ4n) is 1.78. The Labute approximate surface area is 136 Å². The van der Waals surface area contributed by atoms with E-state index >= 15 is 0 Å². The van der Waals surface area contributed by atoms with Gasteiger partial charge in [0.1, 0.15) is 0 Å². The van der Waals surface area contributed by atoms with E-state index in [-0.39, 0.29) is 36.7 Å². The van der Waals surface area contributed by atoms with Crippen molar-refractivity contribution < 1.29 is 9.59 Å². The zero-order valence-electron chi connectivity index (χ0n) is 12.3. The Morgan fingerprint density at radius 3 is 2.76 bits per heavy atom. The van der Waals surface area contributed by atoms with Crippen LogP contribution in [0.5, 0.6) is 0 Å². The largest absolute Gasteiger partial charge is 0.352 e. The van der Waals surface area contributed by atoms with E-state index < -0.39 is 0 Å². The second kappa shape index (κ2) is 11.5. The zero-order valence-corrected chi connectivity index (χ0v) is 13.9. The number of thiophene rings is 1. The van der Waals surface area contributed by atoms with Crippen LogP contribution in [0.2, 0.25) is 0 Å². The maximum atomic E-state index is 11.7. The predicted octanol–water partition coefficient (Wildman–Crippen LogP) is 1.92. The Kier molecular flexibility index (Phi) is 10.9. The molecular weight excluding hydrogens is 310 g/mol. The van der Waals surface area contributed by atoms with Gasteiger partial charge < -0.3 is 16.4 Å². The Bertz CT molecular complexity index is 412. The molecule has 1 atom stereocenters. The highest BCUT2D eigenvalue weighted by molar-refractivity contribution is 7.08. The number of rotatable bonds is 9. The smallest absolute Gasteiger partial charge is 0.252 e. The van der Waals surface area contributed by atoms with Crippen molar-refractivity contribution in [2.45, 2.75) is 38.6 Å². The van der Waals surface area contributed by atoms with Crippen LogP contribution in [0.3, 0.4) is 0 Å². The molecule has 0 aliphatic carbocycles. The number of nitrogens with one attached hydrogen (secondary N) is 2. The second-order valence-corrected chi connectivity index (χ2v) is 5.44. The average molecular weight is 334 g/mol. The molecular formula is C14H24ClN3O2S. The third-order valence-electron chi connectivity index (χ3n) is 2.98. The van der Waals surface area contributed by atoms with E-state index in [9.17, 15) is 9.59 Å². The SMILES string of the molecule is CCCCC(CN)NC(=O)CCNC(=O)c1ccsc1.Cl. The summed E-state index contributed by atoms with van der Waals surface area (Å²) < 4.78 is 0. The van der Waals surface area contributed by atoms with E-state index in [1.165, 1.54) is 11.3 Å². The van der Waals surface area contributed by atoms with Crippen molar-refractivity contribution in [3.05, 3.63) is 22.4 Å². The Morgan fingerprint density at radius 2 is 2.19 bits per heavy atom. The lowest BCUT2D eigenvalue weighted by atomic mass is 10.1. The Morgan fingerprint density at radius 1 is 1.43 bits per heavy atom. The summed E-state index contributed by atoms with van der Waals surface area (Å²) >= 11 is 1.47. The summed E-state index contributed by atoms with van der Waals surface area (Å²) in [5, 5.41) is 9.25. The topological polar surface area (TPSA) is 84.2 Å². The summed E-state index contributed by atoms with van der Waals surface area (Å²) in [5.74, 6) is -0.206. The number of nitrogens with two attached hydrogens (primary N) is 1. The van der Waals surface area contributed by atoms with Crippen LogP contribution in [0, 0.1) is 0 Å². The minimum atomic E-state index is -0.139. The highest BCUT2D eigenvalue weighted by Gasteiger charge is 2.11. The quantitative estimate of drug-likeness (QED) is 0.645. The van der Waals surface area contributed by atoms with E-state index in [0.717, 1.165) is 19.3 Å². The molecule has 0 spiro atoms. The van der Waals surface area contributed by atoms with Crippen molar-refractivity contribution in [3.63, 3.8) is 0 Å². The third kappa shape index (κ3) is 8.04. The van der Waals surface area contributed by atoms with Crippen molar-refractivity contribution >= 4 is 35.6 Å². The van der Waals surface area contributed by atoms with E-state index in [4.69, 9.17) is 5.73 Å². The Hall–Kier alpha value is -1.11. The number of carbonyl (C=O) groups excluding carboxylic acids is 2. The summed E-state index contributed by atoms with van der Waals surface area (Å²) in [6, 6.07) is 1.80. The van der Waals surface area contributed by atoms with Crippen molar-refractivity contribution in [2.24, 2.45) is 5.73 Å². The van der Waals surface area contributed by atoms with Gasteiger partial charge in [0.25, 0.3) is 5.91 Å². The van der Waals surface area contributed by atoms with E-state index in [1.54, 1.807) is 11.4 Å². The van der Waals surface area contributed by atoms with Crippen LogP contribution in [0.4, 0.5) is 0 Å². The van der Waals surface area contributed by atoms with Gasteiger partial charge in [-0.15, -0.1) is 12.4 Å². The first-order valence-corrected chi connectivity index (χ1v) is 7.91. The van der Waals surface area contributed by atoms with Crippen molar-refractivity contribution in [1.29, 1.82) is 0 Å². The van der Waals surface area contributed by atoms with Crippen molar-refractivity contribution in [1.82, 2.24) is 10.6 Å². The molecule has 0 fully saturated rings. The van der Waals surface area contributed by atoms with Gasteiger partial charge in [-0.3, -0.25) is 9.59 Å². The highest BCUT2D eigenvalue weighted by atomic mass is 35.5. The van der Waals surface area contributed by atoms with Crippen molar-refractivity contribution in [2.75, 3.05) is 13.1 Å². The summed E-state index contributed by atoms with van der Waals surface area (Å²) in [4.78, 5) is 23.4. The molecule has 1 aromatic rings. The molecule has 4 N–H and O–H groups in total. The van der Waals surface area contributed by atoms with E-state index in [1.807, 2.05) is 5.38 Å². The van der Waals surface area contributed by atoms with Gasteiger partial charge in [-0.05, 0) is 17.9 Å². The number of hydrogen-bond acceptors (Lipinski definition) is 4. The van der Waals surface area contributed by atoms with E-state index in [2.05, 4.69) is 17.6 Å². The number of amides is 2. The summed E-state index contributed by atoms with van der Waals surface area (Å²) in [7, 11) is 0. The first-order valence-electron chi connectivity index (χ1n) is 6.97. The van der Waals surface area contributed by atoms with Crippen LogP contribution in [-0.2, 0) is 4.79 Å². The molecule has 0 radical (unpaired) electrons. The maximum absolute atomic E-state index is 11.7. The fraction of sp³-hybridized carbons (Fsp3) is 0.571. The standard InChI is InChI=1S/C14H23N3O2S.ClH/c1-2-3-4-12(9-15)17-13(18)5-7-16-14(19)11-6-8-20-10-11;/h6,8,10,12H,2-5,7,9,15H2,1H3,(H,16,19)(H,17,18);1H. The third-order valence-corrected chi connectivity index (χ3v) is 3.66. The van der Waals surface area contributed by atoms with E-state index in [0.29, 0.717) is 18.7 Å². The van der Waals surface area contributed by atoms with Gasteiger partial charge in [0.2, 0.25) is 5.91 Å². The monoisotopic (exact) mass is 333 g/mol. The molecule has 1 unspecified atom stereocenters. The molecule has 0 aliphatic rings. The maximum Gasteiger partial charge on any atom is 0.252 e. The van der Waals surface area contributed by atoms with Crippen LogP contribution >= 0.6 is 23.7 Å². The summed E-state index contributed by atoms with van der Waals surface area (Å²) in [5.41, 5.74) is 6.26. The first-order chi connectivity index (χ1) is 9.67. The minimum absolute atomic E-state index is 0. The molecule has 21 heavy (non-hydrogen) atoms. The molecule has 5 nitrogen and oxygen atoms in total. The fourth-order valence-corrected chi connectivity index (χ4v) is 2.42. The summed E-state index contributed by atoms with van der Waals surface area (Å²) in [6.07, 6.45) is 3.32. The minimum Gasteiger partial charge on any atom is -0.352 e. The highest BCUT2D eigenvalue weighted by Crippen LogP contribution is 2.05. The molecule has 0 saturated carbocycles. The molecule has 2 amide bonds. The molecule has 0 saturated heterocycles. The van der Waals surface area contributed by atoms with Crippen LogP contribution in [-0.4, -0.2) is 30.9 Å². The molecule has 1 rings (SSSR count). The Balaban J connectivity index is 0.00000400. The number of hydrogen-bond donors (Lipinski definition) is 3. The molecule has 1 heterocycles. The predicted molar refractivity (Wildman–Crippen MR) is 89.0 cm³/mol.